The summed E-state index contributed by atoms with van der Waals surface area (Å²) in [6.07, 6.45) is 10.0. The molecule has 3 heteroatoms. The third-order valence-corrected chi connectivity index (χ3v) is 5.21. The van der Waals surface area contributed by atoms with E-state index in [1.165, 1.54) is 63.9 Å². The van der Waals surface area contributed by atoms with Gasteiger partial charge < -0.3 is 10.2 Å². The van der Waals surface area contributed by atoms with Crippen LogP contribution in [0.15, 0.2) is 18.2 Å². The Morgan fingerprint density at radius 1 is 1.10 bits per heavy atom. The fraction of sp³-hybridized carbons (Fsp3) is 0.706. The molecule has 1 N–H and O–H groups in total. The van der Waals surface area contributed by atoms with E-state index in [9.17, 15) is 0 Å². The van der Waals surface area contributed by atoms with Crippen molar-refractivity contribution in [1.82, 2.24) is 10.3 Å². The van der Waals surface area contributed by atoms with Crippen LogP contribution in [-0.4, -0.2) is 25.1 Å². The van der Waals surface area contributed by atoms with E-state index in [-0.39, 0.29) is 0 Å². The topological polar surface area (TPSA) is 28.2 Å². The maximum absolute atomic E-state index is 4.78. The van der Waals surface area contributed by atoms with Crippen LogP contribution < -0.4 is 10.2 Å². The first-order chi connectivity index (χ1) is 9.81. The van der Waals surface area contributed by atoms with Crippen LogP contribution in [0.2, 0.25) is 0 Å². The Bertz CT molecular complexity index is 428. The Labute approximate surface area is 122 Å². The van der Waals surface area contributed by atoms with Crippen LogP contribution in [0.5, 0.6) is 0 Å². The van der Waals surface area contributed by atoms with Gasteiger partial charge in [-0.25, -0.2) is 4.98 Å². The first kappa shape index (κ1) is 13.9. The second kappa shape index (κ2) is 6.13. The molecule has 1 saturated heterocycles. The van der Waals surface area contributed by atoms with Gasteiger partial charge in [-0.15, -0.1) is 0 Å². The van der Waals surface area contributed by atoms with Crippen molar-refractivity contribution in [3.63, 3.8) is 0 Å². The number of pyridine rings is 1. The maximum atomic E-state index is 4.78. The largest absolute Gasteiger partial charge is 0.357 e. The molecule has 0 bridgehead atoms. The highest BCUT2D eigenvalue weighted by atomic mass is 15.2. The highest BCUT2D eigenvalue weighted by Crippen LogP contribution is 2.44. The van der Waals surface area contributed by atoms with Crippen LogP contribution in [0.3, 0.4) is 0 Å². The standard InChI is InChI=1S/C17H27N3/c1-18-14-15-6-5-7-16(19-15)20-12-10-17(11-13-20)8-3-2-4-9-17/h5-7,18H,2-4,8-14H2,1H3. The van der Waals surface area contributed by atoms with Gasteiger partial charge in [0.15, 0.2) is 0 Å². The summed E-state index contributed by atoms with van der Waals surface area (Å²) >= 11 is 0. The molecule has 2 fully saturated rings. The van der Waals surface area contributed by atoms with E-state index in [2.05, 4.69) is 28.4 Å². The molecule has 2 heterocycles. The fourth-order valence-corrected chi connectivity index (χ4v) is 3.93. The molecule has 3 rings (SSSR count). The predicted molar refractivity (Wildman–Crippen MR) is 84.0 cm³/mol. The number of hydrogen-bond donors (Lipinski definition) is 1. The van der Waals surface area contributed by atoms with Crippen molar-refractivity contribution in [2.24, 2.45) is 5.41 Å². The minimum Gasteiger partial charge on any atom is -0.357 e. The Hall–Kier alpha value is -1.09. The lowest BCUT2D eigenvalue weighted by Crippen LogP contribution is -2.41. The molecule has 0 amide bonds. The molecule has 1 aromatic rings. The number of hydrogen-bond acceptors (Lipinski definition) is 3. The van der Waals surface area contributed by atoms with Gasteiger partial charge in [-0.05, 0) is 50.3 Å². The van der Waals surface area contributed by atoms with Crippen molar-refractivity contribution < 1.29 is 0 Å². The van der Waals surface area contributed by atoms with E-state index in [0.717, 1.165) is 12.2 Å². The van der Waals surface area contributed by atoms with Gasteiger partial charge in [-0.1, -0.05) is 25.3 Å². The Morgan fingerprint density at radius 3 is 2.55 bits per heavy atom. The van der Waals surface area contributed by atoms with E-state index >= 15 is 0 Å². The second-order valence-electron chi connectivity index (χ2n) is 6.57. The summed E-state index contributed by atoms with van der Waals surface area (Å²) in [4.78, 5) is 7.27. The van der Waals surface area contributed by atoms with Crippen LogP contribution >= 0.6 is 0 Å². The quantitative estimate of drug-likeness (QED) is 0.915. The number of nitrogens with one attached hydrogen (secondary N) is 1. The van der Waals surface area contributed by atoms with Crippen LogP contribution in [0.4, 0.5) is 5.82 Å². The third-order valence-electron chi connectivity index (χ3n) is 5.21. The smallest absolute Gasteiger partial charge is 0.128 e. The number of rotatable bonds is 3. The van der Waals surface area contributed by atoms with Gasteiger partial charge in [0.2, 0.25) is 0 Å². The SMILES string of the molecule is CNCc1cccc(N2CCC3(CCCCC3)CC2)n1. The molecule has 20 heavy (non-hydrogen) atoms. The summed E-state index contributed by atoms with van der Waals surface area (Å²) in [5, 5.41) is 3.18. The number of nitrogens with zero attached hydrogens (tertiary/aromatic N) is 2. The zero-order valence-corrected chi connectivity index (χ0v) is 12.7. The van der Waals surface area contributed by atoms with Crippen molar-refractivity contribution >= 4 is 5.82 Å². The molecule has 2 aliphatic rings. The number of piperidine rings is 1. The molecule has 1 spiro atoms. The summed E-state index contributed by atoms with van der Waals surface area (Å²) < 4.78 is 0. The normalized spacial score (nSPS) is 22.1. The van der Waals surface area contributed by atoms with Gasteiger partial charge in [0, 0.05) is 19.6 Å². The van der Waals surface area contributed by atoms with Gasteiger partial charge in [-0.2, -0.15) is 0 Å². The van der Waals surface area contributed by atoms with E-state index in [4.69, 9.17) is 4.98 Å². The lowest BCUT2D eigenvalue weighted by Gasteiger charge is -2.44. The molecule has 1 aliphatic heterocycles. The van der Waals surface area contributed by atoms with Gasteiger partial charge in [0.25, 0.3) is 0 Å². The van der Waals surface area contributed by atoms with Crippen molar-refractivity contribution in [2.45, 2.75) is 51.5 Å². The summed E-state index contributed by atoms with van der Waals surface area (Å²) in [6, 6.07) is 6.41. The first-order valence-electron chi connectivity index (χ1n) is 8.17. The van der Waals surface area contributed by atoms with E-state index in [1.54, 1.807) is 0 Å². The molecular weight excluding hydrogens is 246 g/mol. The average molecular weight is 273 g/mol. The summed E-state index contributed by atoms with van der Waals surface area (Å²) in [5.74, 6) is 1.17. The van der Waals surface area contributed by atoms with Crippen LogP contribution in [0, 0.1) is 5.41 Å². The highest BCUT2D eigenvalue weighted by Gasteiger charge is 2.35. The van der Waals surface area contributed by atoms with Gasteiger partial charge in [0.1, 0.15) is 5.82 Å². The summed E-state index contributed by atoms with van der Waals surface area (Å²) in [5.41, 5.74) is 1.82. The van der Waals surface area contributed by atoms with Gasteiger partial charge in [0.05, 0.1) is 5.69 Å². The highest BCUT2D eigenvalue weighted by molar-refractivity contribution is 5.40. The summed E-state index contributed by atoms with van der Waals surface area (Å²) in [6.45, 7) is 3.23. The molecule has 0 aromatic carbocycles. The van der Waals surface area contributed by atoms with Crippen molar-refractivity contribution in [3.8, 4) is 0 Å². The number of anilines is 1. The average Bonchev–Trinajstić information content (AvgIpc) is 2.50. The third kappa shape index (κ3) is 2.98. The lowest BCUT2D eigenvalue weighted by molar-refractivity contribution is 0.144. The molecule has 3 nitrogen and oxygen atoms in total. The minimum atomic E-state index is 0.678. The van der Waals surface area contributed by atoms with E-state index in [1.807, 2.05) is 7.05 Å². The van der Waals surface area contributed by atoms with Crippen LogP contribution in [-0.2, 0) is 6.54 Å². The zero-order valence-electron chi connectivity index (χ0n) is 12.7. The van der Waals surface area contributed by atoms with E-state index in [0.29, 0.717) is 5.41 Å². The fourth-order valence-electron chi connectivity index (χ4n) is 3.93. The molecule has 0 radical (unpaired) electrons. The Morgan fingerprint density at radius 2 is 1.85 bits per heavy atom. The predicted octanol–water partition coefficient (Wildman–Crippen LogP) is 3.35. The second-order valence-corrected chi connectivity index (χ2v) is 6.57. The van der Waals surface area contributed by atoms with E-state index < -0.39 is 0 Å². The monoisotopic (exact) mass is 273 g/mol. The van der Waals surface area contributed by atoms with Crippen molar-refractivity contribution in [1.29, 1.82) is 0 Å². The Balaban J connectivity index is 1.64. The lowest BCUT2D eigenvalue weighted by atomic mass is 9.68. The van der Waals surface area contributed by atoms with Crippen molar-refractivity contribution in [2.75, 3.05) is 25.0 Å². The molecule has 110 valence electrons. The molecule has 0 atom stereocenters. The molecule has 0 unspecified atom stereocenters. The zero-order chi connectivity index (χ0) is 13.8. The van der Waals surface area contributed by atoms with Gasteiger partial charge in [-0.3, -0.25) is 0 Å². The molecule has 1 saturated carbocycles. The molecular formula is C17H27N3. The minimum absolute atomic E-state index is 0.678. The molecule has 1 aliphatic carbocycles. The maximum Gasteiger partial charge on any atom is 0.128 e. The number of aromatic nitrogens is 1. The van der Waals surface area contributed by atoms with Crippen LogP contribution in [0.25, 0.3) is 0 Å². The van der Waals surface area contributed by atoms with Crippen molar-refractivity contribution in [3.05, 3.63) is 23.9 Å². The Kier molecular flexibility index (Phi) is 4.25. The van der Waals surface area contributed by atoms with Gasteiger partial charge >= 0.3 is 0 Å². The van der Waals surface area contributed by atoms with Crippen LogP contribution in [0.1, 0.15) is 50.6 Å². The first-order valence-corrected chi connectivity index (χ1v) is 8.17. The molecule has 1 aromatic heterocycles. The summed E-state index contributed by atoms with van der Waals surface area (Å²) in [7, 11) is 1.97.